The highest BCUT2D eigenvalue weighted by molar-refractivity contribution is 5.85. The fourth-order valence-electron chi connectivity index (χ4n) is 3.20. The zero-order valence-corrected chi connectivity index (χ0v) is 13.5. The van der Waals surface area contributed by atoms with Gasteiger partial charge in [0.1, 0.15) is 11.5 Å². The Morgan fingerprint density at radius 3 is 3.00 bits per heavy atom. The van der Waals surface area contributed by atoms with Crippen LogP contribution in [0.15, 0.2) is 47.4 Å². The first kappa shape index (κ1) is 14.8. The average Bonchev–Trinajstić information content (AvgIpc) is 2.89. The molecular formula is C19H18N2O3. The van der Waals surface area contributed by atoms with Crippen LogP contribution in [0.25, 0.3) is 16.7 Å². The second-order valence-electron chi connectivity index (χ2n) is 5.83. The largest absolute Gasteiger partial charge is 0.497 e. The van der Waals surface area contributed by atoms with Crippen molar-refractivity contribution in [2.45, 2.75) is 19.3 Å². The minimum Gasteiger partial charge on any atom is -0.497 e. The second-order valence-corrected chi connectivity index (χ2v) is 5.83. The van der Waals surface area contributed by atoms with Crippen LogP contribution < -0.4 is 15.0 Å². The Morgan fingerprint density at radius 2 is 2.12 bits per heavy atom. The number of pyridine rings is 2. The van der Waals surface area contributed by atoms with Crippen molar-refractivity contribution in [3.63, 3.8) is 0 Å². The van der Waals surface area contributed by atoms with Crippen LogP contribution >= 0.6 is 0 Å². The smallest absolute Gasteiger partial charge is 0.263 e. The Labute approximate surface area is 139 Å². The lowest BCUT2D eigenvalue weighted by Gasteiger charge is -2.16. The van der Waals surface area contributed by atoms with E-state index < -0.39 is 0 Å². The van der Waals surface area contributed by atoms with Crippen molar-refractivity contribution in [3.05, 3.63) is 58.5 Å². The number of fused-ring (bicyclic) bond motifs is 3. The van der Waals surface area contributed by atoms with Gasteiger partial charge in [-0.25, -0.2) is 4.98 Å². The number of ether oxygens (including phenoxy) is 2. The quantitative estimate of drug-likeness (QED) is 0.727. The summed E-state index contributed by atoms with van der Waals surface area (Å²) in [6, 6.07) is 11.3. The number of rotatable bonds is 2. The predicted octanol–water partition coefficient (Wildman–Crippen LogP) is 3.11. The van der Waals surface area contributed by atoms with Crippen molar-refractivity contribution in [2.75, 3.05) is 13.7 Å². The molecule has 0 fully saturated rings. The molecule has 0 saturated carbocycles. The van der Waals surface area contributed by atoms with Gasteiger partial charge < -0.3 is 9.47 Å². The van der Waals surface area contributed by atoms with Crippen LogP contribution in [0.1, 0.15) is 18.4 Å². The van der Waals surface area contributed by atoms with Gasteiger partial charge >= 0.3 is 0 Å². The monoisotopic (exact) mass is 322 g/mol. The third-order valence-corrected chi connectivity index (χ3v) is 4.36. The van der Waals surface area contributed by atoms with Crippen LogP contribution in [-0.4, -0.2) is 23.3 Å². The highest BCUT2D eigenvalue weighted by Crippen LogP contribution is 2.31. The molecule has 122 valence electrons. The third-order valence-electron chi connectivity index (χ3n) is 4.36. The molecule has 0 spiro atoms. The van der Waals surface area contributed by atoms with Gasteiger partial charge in [0.05, 0.1) is 30.4 Å². The van der Waals surface area contributed by atoms with Crippen LogP contribution in [-0.2, 0) is 6.42 Å². The van der Waals surface area contributed by atoms with Crippen molar-refractivity contribution in [1.82, 2.24) is 9.55 Å². The summed E-state index contributed by atoms with van der Waals surface area (Å²) in [5.41, 5.74) is 2.02. The third kappa shape index (κ3) is 2.33. The van der Waals surface area contributed by atoms with E-state index in [9.17, 15) is 4.79 Å². The maximum absolute atomic E-state index is 13.2. The van der Waals surface area contributed by atoms with E-state index in [0.717, 1.165) is 35.9 Å². The molecule has 1 aliphatic rings. The lowest BCUT2D eigenvalue weighted by Crippen LogP contribution is -2.24. The standard InChI is InChI=1S/C19H18N2O3/c1-23-14-7-4-6-13(12-14)21-18-15(9-5-10-20-18)17-16(19(21)22)8-2-3-11-24-17/h4-7,9-10,12H,2-3,8,11H2,1H3. The molecule has 0 N–H and O–H groups in total. The summed E-state index contributed by atoms with van der Waals surface area (Å²) in [5.74, 6) is 1.40. The van der Waals surface area contributed by atoms with Gasteiger partial charge in [0, 0.05) is 12.3 Å². The fourth-order valence-corrected chi connectivity index (χ4v) is 3.20. The van der Waals surface area contributed by atoms with Gasteiger partial charge in [-0.15, -0.1) is 0 Å². The van der Waals surface area contributed by atoms with Crippen LogP contribution in [0.5, 0.6) is 11.5 Å². The first-order valence-electron chi connectivity index (χ1n) is 8.09. The Hall–Kier alpha value is -2.82. The Bertz CT molecular complexity index is 962. The van der Waals surface area contributed by atoms with Crippen molar-refractivity contribution in [1.29, 1.82) is 0 Å². The van der Waals surface area contributed by atoms with Gasteiger partial charge in [0.25, 0.3) is 5.56 Å². The Balaban J connectivity index is 2.08. The molecule has 0 atom stereocenters. The van der Waals surface area contributed by atoms with Gasteiger partial charge in [-0.2, -0.15) is 0 Å². The molecule has 3 aromatic rings. The summed E-state index contributed by atoms with van der Waals surface area (Å²) in [4.78, 5) is 17.6. The van der Waals surface area contributed by atoms with E-state index in [-0.39, 0.29) is 5.56 Å². The number of methoxy groups -OCH3 is 1. The molecule has 1 aliphatic heterocycles. The highest BCUT2D eigenvalue weighted by Gasteiger charge is 2.21. The lowest BCUT2D eigenvalue weighted by atomic mass is 10.1. The molecule has 0 amide bonds. The van der Waals surface area contributed by atoms with Gasteiger partial charge in [-0.1, -0.05) is 6.07 Å². The molecule has 0 aliphatic carbocycles. The molecule has 4 rings (SSSR count). The number of aromatic nitrogens is 2. The van der Waals surface area contributed by atoms with Crippen molar-refractivity contribution in [3.8, 4) is 17.2 Å². The summed E-state index contributed by atoms with van der Waals surface area (Å²) < 4.78 is 12.9. The van der Waals surface area contributed by atoms with Crippen molar-refractivity contribution >= 4 is 11.0 Å². The van der Waals surface area contributed by atoms with E-state index in [1.54, 1.807) is 17.9 Å². The number of hydrogen-bond acceptors (Lipinski definition) is 4. The van der Waals surface area contributed by atoms with Gasteiger partial charge in [-0.3, -0.25) is 9.36 Å². The molecule has 0 bridgehead atoms. The van der Waals surface area contributed by atoms with E-state index in [0.29, 0.717) is 23.8 Å². The first-order valence-corrected chi connectivity index (χ1v) is 8.09. The molecule has 24 heavy (non-hydrogen) atoms. The van der Waals surface area contributed by atoms with Gasteiger partial charge in [-0.05, 0) is 43.5 Å². The van der Waals surface area contributed by atoms with Crippen molar-refractivity contribution in [2.24, 2.45) is 0 Å². The topological polar surface area (TPSA) is 53.4 Å². The second kappa shape index (κ2) is 6.00. The van der Waals surface area contributed by atoms with Crippen LogP contribution in [0.3, 0.4) is 0 Å². The lowest BCUT2D eigenvalue weighted by molar-refractivity contribution is 0.320. The highest BCUT2D eigenvalue weighted by atomic mass is 16.5. The summed E-state index contributed by atoms with van der Waals surface area (Å²) in [6.45, 7) is 0.638. The number of benzene rings is 1. The molecule has 0 unspecified atom stereocenters. The minimum absolute atomic E-state index is 0.0636. The fraction of sp³-hybridized carbons (Fsp3) is 0.263. The molecule has 0 saturated heterocycles. The average molecular weight is 322 g/mol. The maximum atomic E-state index is 13.2. The van der Waals surface area contributed by atoms with Gasteiger partial charge in [0.15, 0.2) is 5.65 Å². The van der Waals surface area contributed by atoms with Gasteiger partial charge in [0.2, 0.25) is 0 Å². The Morgan fingerprint density at radius 1 is 1.21 bits per heavy atom. The zero-order chi connectivity index (χ0) is 16.5. The molecule has 5 heteroatoms. The van der Waals surface area contributed by atoms with E-state index in [4.69, 9.17) is 9.47 Å². The van der Waals surface area contributed by atoms with E-state index in [1.165, 1.54) is 0 Å². The Kier molecular flexibility index (Phi) is 3.69. The van der Waals surface area contributed by atoms with E-state index in [2.05, 4.69) is 4.98 Å². The predicted molar refractivity (Wildman–Crippen MR) is 92.3 cm³/mol. The van der Waals surface area contributed by atoms with E-state index >= 15 is 0 Å². The zero-order valence-electron chi connectivity index (χ0n) is 13.5. The maximum Gasteiger partial charge on any atom is 0.263 e. The summed E-state index contributed by atoms with van der Waals surface area (Å²) in [6.07, 6.45) is 4.33. The van der Waals surface area contributed by atoms with Crippen molar-refractivity contribution < 1.29 is 9.47 Å². The first-order chi connectivity index (χ1) is 11.8. The SMILES string of the molecule is COc1cccc(-n2c(=O)c3c(c4cccnc42)OCCCC3)c1. The molecule has 1 aromatic carbocycles. The summed E-state index contributed by atoms with van der Waals surface area (Å²) >= 11 is 0. The summed E-state index contributed by atoms with van der Waals surface area (Å²) in [5, 5.41) is 0.872. The molecule has 5 nitrogen and oxygen atoms in total. The van der Waals surface area contributed by atoms with E-state index in [1.807, 2.05) is 36.4 Å². The van der Waals surface area contributed by atoms with Crippen LogP contribution in [0.4, 0.5) is 0 Å². The molecular weight excluding hydrogens is 304 g/mol. The summed E-state index contributed by atoms with van der Waals surface area (Å²) in [7, 11) is 1.61. The van der Waals surface area contributed by atoms with Crippen LogP contribution in [0.2, 0.25) is 0 Å². The normalized spacial score (nSPS) is 13.9. The minimum atomic E-state index is -0.0636. The number of nitrogens with zero attached hydrogens (tertiary/aromatic N) is 2. The molecule has 2 aromatic heterocycles. The molecule has 0 radical (unpaired) electrons. The molecule has 3 heterocycles. The van der Waals surface area contributed by atoms with Crippen LogP contribution in [0, 0.1) is 0 Å². The number of hydrogen-bond donors (Lipinski definition) is 0.